The van der Waals surface area contributed by atoms with Crippen LogP contribution in [0.3, 0.4) is 0 Å². The molecule has 0 aromatic carbocycles. The summed E-state index contributed by atoms with van der Waals surface area (Å²) in [5.74, 6) is -0.0887. The van der Waals surface area contributed by atoms with Crippen LogP contribution in [-0.4, -0.2) is 22.9 Å². The molecule has 0 atom stereocenters. The highest BCUT2D eigenvalue weighted by Crippen LogP contribution is 2.15. The van der Waals surface area contributed by atoms with Crippen molar-refractivity contribution < 1.29 is 22.4 Å². The van der Waals surface area contributed by atoms with Gasteiger partial charge >= 0.3 is 6.18 Å². The fraction of sp³-hybridized carbons (Fsp3) is 0.600. The summed E-state index contributed by atoms with van der Waals surface area (Å²) in [4.78, 5) is 3.43. The number of alkyl halides is 3. The van der Waals surface area contributed by atoms with Gasteiger partial charge in [0.1, 0.15) is 13.2 Å². The fourth-order valence-electron chi connectivity index (χ4n) is 0.547. The minimum atomic E-state index is -4.36. The molecule has 1 aromatic heterocycles. The van der Waals surface area contributed by atoms with E-state index in [0.29, 0.717) is 0 Å². The largest absolute Gasteiger partial charge is 0.411 e. The second kappa shape index (κ2) is 3.93. The molecule has 0 radical (unpaired) electrons. The number of hydrogen-bond acceptors (Lipinski definition) is 4. The summed E-state index contributed by atoms with van der Waals surface area (Å²) in [5.41, 5.74) is 0. The number of halogens is 4. The third-order valence-electron chi connectivity index (χ3n) is 0.935. The maximum atomic E-state index is 11.5. The molecular weight excluding hydrogens is 213 g/mol. The summed E-state index contributed by atoms with van der Waals surface area (Å²) in [6, 6.07) is 0. The third-order valence-corrected chi connectivity index (χ3v) is 1.09. The van der Waals surface area contributed by atoms with Crippen molar-refractivity contribution in [3.05, 3.63) is 11.2 Å². The summed E-state index contributed by atoms with van der Waals surface area (Å²) in [6.45, 7) is -1.76. The molecule has 1 aromatic rings. The maximum absolute atomic E-state index is 11.5. The first-order valence-electron chi connectivity index (χ1n) is 3.10. The van der Waals surface area contributed by atoms with Crippen LogP contribution < -0.4 is 0 Å². The van der Waals surface area contributed by atoms with Crippen molar-refractivity contribution in [3.63, 3.8) is 0 Å². The molecule has 1 rings (SSSR count). The van der Waals surface area contributed by atoms with Crippen LogP contribution in [0.1, 0.15) is 5.89 Å². The zero-order valence-corrected chi connectivity index (χ0v) is 6.89. The molecule has 13 heavy (non-hydrogen) atoms. The fourth-order valence-corrected chi connectivity index (χ4v) is 0.676. The normalized spacial score (nSPS) is 12.0. The van der Waals surface area contributed by atoms with Gasteiger partial charge in [0, 0.05) is 0 Å². The van der Waals surface area contributed by atoms with Crippen molar-refractivity contribution in [2.24, 2.45) is 0 Å². The highest BCUT2D eigenvalue weighted by molar-refractivity contribution is 6.28. The standard InChI is InChI=1S/C5H4ClF3N2O2/c6-4-10-3(13-11-4)1-12-2-5(7,8)9/h1-2H2. The monoisotopic (exact) mass is 216 g/mol. The number of ether oxygens (including phenoxy) is 1. The molecule has 0 spiro atoms. The lowest BCUT2D eigenvalue weighted by Crippen LogP contribution is -2.16. The lowest BCUT2D eigenvalue weighted by atomic mass is 10.6. The molecule has 0 bridgehead atoms. The lowest BCUT2D eigenvalue weighted by Gasteiger charge is -2.04. The smallest absolute Gasteiger partial charge is 0.362 e. The van der Waals surface area contributed by atoms with Gasteiger partial charge < -0.3 is 9.26 Å². The van der Waals surface area contributed by atoms with Crippen molar-refractivity contribution in [1.82, 2.24) is 10.1 Å². The predicted molar refractivity (Wildman–Crippen MR) is 35.0 cm³/mol. The number of aromatic nitrogens is 2. The Hall–Kier alpha value is -0.820. The molecular formula is C5H4ClF3N2O2. The van der Waals surface area contributed by atoms with E-state index in [9.17, 15) is 13.2 Å². The first-order valence-corrected chi connectivity index (χ1v) is 3.48. The summed E-state index contributed by atoms with van der Waals surface area (Å²) in [6.07, 6.45) is -4.36. The number of nitrogens with zero attached hydrogens (tertiary/aromatic N) is 2. The first kappa shape index (κ1) is 10.3. The zero-order chi connectivity index (χ0) is 9.90. The van der Waals surface area contributed by atoms with Crippen molar-refractivity contribution in [2.75, 3.05) is 6.61 Å². The molecule has 0 aliphatic carbocycles. The minimum Gasteiger partial charge on any atom is -0.362 e. The Morgan fingerprint density at radius 1 is 1.46 bits per heavy atom. The van der Waals surface area contributed by atoms with E-state index >= 15 is 0 Å². The molecule has 0 fully saturated rings. The Bertz CT molecular complexity index is 275. The Morgan fingerprint density at radius 2 is 2.15 bits per heavy atom. The van der Waals surface area contributed by atoms with Crippen molar-refractivity contribution in [2.45, 2.75) is 12.8 Å². The van der Waals surface area contributed by atoms with E-state index in [1.165, 1.54) is 0 Å². The molecule has 0 amide bonds. The Kier molecular flexibility index (Phi) is 3.10. The third kappa shape index (κ3) is 4.09. The van der Waals surface area contributed by atoms with Crippen LogP contribution in [-0.2, 0) is 11.3 Å². The van der Waals surface area contributed by atoms with E-state index in [2.05, 4.69) is 19.4 Å². The topological polar surface area (TPSA) is 48.2 Å². The van der Waals surface area contributed by atoms with E-state index < -0.39 is 19.4 Å². The molecule has 74 valence electrons. The van der Waals surface area contributed by atoms with Gasteiger partial charge in [0.2, 0.25) is 0 Å². The van der Waals surface area contributed by atoms with Gasteiger partial charge in [0.25, 0.3) is 11.2 Å². The second-order valence-electron chi connectivity index (χ2n) is 2.07. The predicted octanol–water partition coefficient (Wildman–Crippen LogP) is 1.80. The van der Waals surface area contributed by atoms with Gasteiger partial charge in [-0.1, -0.05) is 0 Å². The van der Waals surface area contributed by atoms with E-state index in [1.807, 2.05) is 0 Å². The maximum Gasteiger partial charge on any atom is 0.411 e. The molecule has 0 saturated heterocycles. The van der Waals surface area contributed by atoms with E-state index in [0.717, 1.165) is 0 Å². The zero-order valence-electron chi connectivity index (χ0n) is 6.14. The van der Waals surface area contributed by atoms with Crippen molar-refractivity contribution in [1.29, 1.82) is 0 Å². The SMILES string of the molecule is FC(F)(F)COCc1nc(Cl)no1. The molecule has 0 unspecified atom stereocenters. The van der Waals surface area contributed by atoms with Gasteiger partial charge in [-0.2, -0.15) is 18.2 Å². The van der Waals surface area contributed by atoms with Gasteiger partial charge in [-0.25, -0.2) is 0 Å². The molecule has 0 aliphatic rings. The minimum absolute atomic E-state index is 0.0887. The number of hydrogen-bond donors (Lipinski definition) is 0. The van der Waals surface area contributed by atoms with Gasteiger partial charge in [-0.3, -0.25) is 0 Å². The van der Waals surface area contributed by atoms with Crippen molar-refractivity contribution >= 4 is 11.6 Å². The summed E-state index contributed by atoms with van der Waals surface area (Å²) in [7, 11) is 0. The van der Waals surface area contributed by atoms with Gasteiger partial charge in [0.15, 0.2) is 0 Å². The summed E-state index contributed by atoms with van der Waals surface area (Å²) >= 11 is 5.24. The summed E-state index contributed by atoms with van der Waals surface area (Å²) < 4.78 is 43.2. The molecule has 1 heterocycles. The molecule has 8 heteroatoms. The van der Waals surface area contributed by atoms with Crippen LogP contribution in [0.4, 0.5) is 13.2 Å². The van der Waals surface area contributed by atoms with Crippen LogP contribution >= 0.6 is 11.6 Å². The number of rotatable bonds is 3. The lowest BCUT2D eigenvalue weighted by molar-refractivity contribution is -0.178. The van der Waals surface area contributed by atoms with Crippen molar-refractivity contribution in [3.8, 4) is 0 Å². The van der Waals surface area contributed by atoms with Gasteiger partial charge in [-0.15, -0.1) is 0 Å². The average molecular weight is 217 g/mol. The van der Waals surface area contributed by atoms with E-state index in [1.54, 1.807) is 0 Å². The molecule has 0 aliphatic heterocycles. The first-order chi connectivity index (χ1) is 5.97. The summed E-state index contributed by atoms with van der Waals surface area (Å²) in [5, 5.41) is 2.99. The Morgan fingerprint density at radius 3 is 2.62 bits per heavy atom. The van der Waals surface area contributed by atoms with Gasteiger partial charge in [-0.05, 0) is 16.8 Å². The van der Waals surface area contributed by atoms with Gasteiger partial charge in [0.05, 0.1) is 0 Å². The highest BCUT2D eigenvalue weighted by Gasteiger charge is 2.27. The van der Waals surface area contributed by atoms with E-state index in [-0.39, 0.29) is 11.2 Å². The van der Waals surface area contributed by atoms with Crippen LogP contribution in [0.5, 0.6) is 0 Å². The molecule has 4 nitrogen and oxygen atoms in total. The Labute approximate surface area is 75.6 Å². The van der Waals surface area contributed by atoms with Crippen LogP contribution in [0.2, 0.25) is 5.28 Å². The van der Waals surface area contributed by atoms with E-state index in [4.69, 9.17) is 11.6 Å². The highest BCUT2D eigenvalue weighted by atomic mass is 35.5. The average Bonchev–Trinajstić information content (AvgIpc) is 2.33. The quantitative estimate of drug-likeness (QED) is 0.773. The molecule has 0 saturated carbocycles. The van der Waals surface area contributed by atoms with Crippen LogP contribution in [0.15, 0.2) is 4.52 Å². The second-order valence-corrected chi connectivity index (χ2v) is 2.40. The van der Waals surface area contributed by atoms with Crippen LogP contribution in [0.25, 0.3) is 0 Å². The molecule has 0 N–H and O–H groups in total. The van der Waals surface area contributed by atoms with Crippen LogP contribution in [0, 0.1) is 0 Å². The Balaban J connectivity index is 2.28.